The molecule has 0 aliphatic carbocycles. The number of nitrogens with zero attached hydrogens (tertiary/aromatic N) is 6. The highest BCUT2D eigenvalue weighted by Crippen LogP contribution is 2.25. The SMILES string of the molecule is CN1CCN(C(=O)C2CCN(C(=O)c3cnn(-c4ccccc4)c3-n3cccc3)CC2)CC1. The summed E-state index contributed by atoms with van der Waals surface area (Å²) in [5.74, 6) is 0.951. The number of piperidine rings is 1. The number of carbonyl (C=O) groups is 2. The lowest BCUT2D eigenvalue weighted by molar-refractivity contribution is -0.138. The molecule has 0 bridgehead atoms. The molecule has 8 heteroatoms. The van der Waals surface area contributed by atoms with Crippen LogP contribution in [0.4, 0.5) is 0 Å². The van der Waals surface area contributed by atoms with Crippen LogP contribution in [0.2, 0.25) is 0 Å². The van der Waals surface area contributed by atoms with Crippen LogP contribution in [-0.2, 0) is 4.79 Å². The minimum Gasteiger partial charge on any atom is -0.340 e. The fraction of sp³-hybridized carbons (Fsp3) is 0.400. The number of aromatic nitrogens is 3. The highest BCUT2D eigenvalue weighted by atomic mass is 16.2. The van der Waals surface area contributed by atoms with Gasteiger partial charge >= 0.3 is 0 Å². The first-order valence-electron chi connectivity index (χ1n) is 11.6. The van der Waals surface area contributed by atoms with Crippen LogP contribution in [0.1, 0.15) is 23.2 Å². The van der Waals surface area contributed by atoms with Crippen molar-refractivity contribution in [2.75, 3.05) is 46.3 Å². The van der Waals surface area contributed by atoms with Crippen molar-refractivity contribution in [1.29, 1.82) is 0 Å². The molecule has 2 saturated heterocycles. The molecule has 0 saturated carbocycles. The van der Waals surface area contributed by atoms with E-state index in [2.05, 4.69) is 17.0 Å². The second-order valence-electron chi connectivity index (χ2n) is 8.91. The molecule has 2 aliphatic rings. The smallest absolute Gasteiger partial charge is 0.259 e. The fourth-order valence-electron chi connectivity index (χ4n) is 4.76. The third kappa shape index (κ3) is 4.30. The van der Waals surface area contributed by atoms with Gasteiger partial charge in [0.1, 0.15) is 5.56 Å². The molecule has 0 radical (unpaired) electrons. The molecule has 33 heavy (non-hydrogen) atoms. The zero-order chi connectivity index (χ0) is 22.8. The quantitative estimate of drug-likeness (QED) is 0.617. The van der Waals surface area contributed by atoms with Crippen LogP contribution in [-0.4, -0.2) is 87.2 Å². The highest BCUT2D eigenvalue weighted by Gasteiger charge is 2.33. The summed E-state index contributed by atoms with van der Waals surface area (Å²) >= 11 is 0. The Kier molecular flexibility index (Phi) is 6.00. The third-order valence-corrected chi connectivity index (χ3v) is 6.77. The van der Waals surface area contributed by atoms with Gasteiger partial charge in [0.15, 0.2) is 5.82 Å². The molecule has 2 fully saturated rings. The average Bonchev–Trinajstić information content (AvgIpc) is 3.54. The molecule has 4 heterocycles. The van der Waals surface area contributed by atoms with E-state index in [0.29, 0.717) is 31.5 Å². The van der Waals surface area contributed by atoms with Gasteiger partial charge in [-0.1, -0.05) is 18.2 Å². The largest absolute Gasteiger partial charge is 0.340 e. The van der Waals surface area contributed by atoms with Crippen LogP contribution in [0.25, 0.3) is 11.5 Å². The van der Waals surface area contributed by atoms with Gasteiger partial charge in [0.05, 0.1) is 11.9 Å². The molecule has 5 rings (SSSR count). The minimum atomic E-state index is -0.0358. The van der Waals surface area contributed by atoms with Gasteiger partial charge in [-0.3, -0.25) is 9.59 Å². The maximum absolute atomic E-state index is 13.5. The third-order valence-electron chi connectivity index (χ3n) is 6.77. The number of piperazine rings is 1. The van der Waals surface area contributed by atoms with Gasteiger partial charge in [-0.25, -0.2) is 4.68 Å². The Morgan fingerprint density at radius 2 is 1.52 bits per heavy atom. The summed E-state index contributed by atoms with van der Waals surface area (Å²) < 4.78 is 3.73. The summed E-state index contributed by atoms with van der Waals surface area (Å²) in [6.45, 7) is 4.63. The molecular weight excluding hydrogens is 416 g/mol. The number of likely N-dealkylation sites (tertiary alicyclic amines) is 1. The molecule has 1 aromatic carbocycles. The maximum atomic E-state index is 13.5. The van der Waals surface area contributed by atoms with Crippen LogP contribution < -0.4 is 0 Å². The number of benzene rings is 1. The van der Waals surface area contributed by atoms with Crippen LogP contribution in [0.3, 0.4) is 0 Å². The van der Waals surface area contributed by atoms with Gasteiger partial charge < -0.3 is 19.3 Å². The number of rotatable bonds is 4. The van der Waals surface area contributed by atoms with Crippen molar-refractivity contribution in [3.63, 3.8) is 0 Å². The summed E-state index contributed by atoms with van der Waals surface area (Å²) in [4.78, 5) is 32.6. The lowest BCUT2D eigenvalue weighted by atomic mass is 9.94. The topological polar surface area (TPSA) is 66.6 Å². The van der Waals surface area contributed by atoms with Gasteiger partial charge in [-0.15, -0.1) is 0 Å². The van der Waals surface area contributed by atoms with Crippen LogP contribution in [0.15, 0.2) is 61.1 Å². The summed E-state index contributed by atoms with van der Waals surface area (Å²) in [6.07, 6.45) is 6.93. The molecule has 2 amide bonds. The second-order valence-corrected chi connectivity index (χ2v) is 8.91. The summed E-state index contributed by atoms with van der Waals surface area (Å²) in [5.41, 5.74) is 1.47. The Labute approximate surface area is 194 Å². The van der Waals surface area contributed by atoms with Crippen LogP contribution >= 0.6 is 0 Å². The van der Waals surface area contributed by atoms with Crippen molar-refractivity contribution in [3.8, 4) is 11.5 Å². The molecule has 2 aliphatic heterocycles. The molecule has 0 atom stereocenters. The van der Waals surface area contributed by atoms with E-state index in [9.17, 15) is 9.59 Å². The van der Waals surface area contributed by atoms with E-state index in [-0.39, 0.29) is 17.7 Å². The molecule has 2 aromatic heterocycles. The molecule has 0 unspecified atom stereocenters. The summed E-state index contributed by atoms with van der Waals surface area (Å²) in [5, 5.41) is 4.55. The van der Waals surface area contributed by atoms with Gasteiger partial charge in [0.25, 0.3) is 5.91 Å². The van der Waals surface area contributed by atoms with E-state index in [0.717, 1.165) is 37.7 Å². The lowest BCUT2D eigenvalue weighted by Crippen LogP contribution is -2.51. The van der Waals surface area contributed by atoms with Crippen LogP contribution in [0, 0.1) is 5.92 Å². The Morgan fingerprint density at radius 1 is 0.848 bits per heavy atom. The predicted octanol–water partition coefficient (Wildman–Crippen LogP) is 2.29. The Balaban J connectivity index is 1.32. The van der Waals surface area contributed by atoms with Crippen LogP contribution in [0.5, 0.6) is 0 Å². The van der Waals surface area contributed by atoms with Gasteiger partial charge in [-0.2, -0.15) is 5.10 Å². The maximum Gasteiger partial charge on any atom is 0.259 e. The fourth-order valence-corrected chi connectivity index (χ4v) is 4.76. The predicted molar refractivity (Wildman–Crippen MR) is 126 cm³/mol. The average molecular weight is 447 g/mol. The number of amides is 2. The number of likely N-dealkylation sites (N-methyl/N-ethyl adjacent to an activating group) is 1. The molecular formula is C25H30N6O2. The van der Waals surface area contributed by atoms with Gasteiger partial charge in [0, 0.05) is 57.6 Å². The first-order chi connectivity index (χ1) is 16.1. The van der Waals surface area contributed by atoms with Crippen molar-refractivity contribution in [2.45, 2.75) is 12.8 Å². The Morgan fingerprint density at radius 3 is 2.18 bits per heavy atom. The number of para-hydroxylation sites is 1. The number of hydrogen-bond donors (Lipinski definition) is 0. The van der Waals surface area contributed by atoms with E-state index in [1.807, 2.05) is 69.2 Å². The van der Waals surface area contributed by atoms with Crippen molar-refractivity contribution in [1.82, 2.24) is 29.0 Å². The van der Waals surface area contributed by atoms with E-state index in [1.165, 1.54) is 0 Å². The molecule has 0 N–H and O–H groups in total. The van der Waals surface area contributed by atoms with Crippen molar-refractivity contribution in [2.24, 2.45) is 5.92 Å². The zero-order valence-electron chi connectivity index (χ0n) is 19.0. The van der Waals surface area contributed by atoms with E-state index in [1.54, 1.807) is 10.9 Å². The van der Waals surface area contributed by atoms with E-state index >= 15 is 0 Å². The summed E-state index contributed by atoms with van der Waals surface area (Å²) in [6, 6.07) is 13.7. The van der Waals surface area contributed by atoms with Gasteiger partial charge in [-0.05, 0) is 44.2 Å². The number of carbonyl (C=O) groups excluding carboxylic acids is 2. The van der Waals surface area contributed by atoms with Gasteiger partial charge in [0.2, 0.25) is 5.91 Å². The monoisotopic (exact) mass is 446 g/mol. The van der Waals surface area contributed by atoms with Crippen molar-refractivity contribution >= 4 is 11.8 Å². The van der Waals surface area contributed by atoms with Crippen molar-refractivity contribution < 1.29 is 9.59 Å². The highest BCUT2D eigenvalue weighted by molar-refractivity contribution is 5.97. The van der Waals surface area contributed by atoms with E-state index in [4.69, 9.17) is 0 Å². The first-order valence-corrected chi connectivity index (χ1v) is 11.6. The molecule has 0 spiro atoms. The number of hydrogen-bond acceptors (Lipinski definition) is 4. The van der Waals surface area contributed by atoms with E-state index < -0.39 is 0 Å². The zero-order valence-corrected chi connectivity index (χ0v) is 19.0. The Bertz CT molecular complexity index is 1090. The normalized spacial score (nSPS) is 18.0. The first kappa shape index (κ1) is 21.5. The molecule has 3 aromatic rings. The minimum absolute atomic E-state index is 0.00779. The Hall–Kier alpha value is -3.39. The second kappa shape index (κ2) is 9.23. The summed E-state index contributed by atoms with van der Waals surface area (Å²) in [7, 11) is 2.09. The van der Waals surface area contributed by atoms with Crippen molar-refractivity contribution in [3.05, 3.63) is 66.6 Å². The lowest BCUT2D eigenvalue weighted by Gasteiger charge is -2.37. The molecule has 8 nitrogen and oxygen atoms in total. The molecule has 172 valence electrons. The standard InChI is InChI=1S/C25H30N6O2/c1-27-15-17-30(18-16-27)24(32)20-9-13-29(14-10-20)25(33)22-19-26-31(21-7-3-2-4-8-21)23(22)28-11-5-6-12-28/h2-8,11-12,19-20H,9-10,13-18H2,1H3.